The highest BCUT2D eigenvalue weighted by Crippen LogP contribution is 2.13. The van der Waals surface area contributed by atoms with Crippen molar-refractivity contribution < 1.29 is 19.1 Å². The van der Waals surface area contributed by atoms with Crippen molar-refractivity contribution in [2.24, 2.45) is 0 Å². The lowest BCUT2D eigenvalue weighted by atomic mass is 10.1. The third-order valence-electron chi connectivity index (χ3n) is 3.85. The Hall–Kier alpha value is -2.28. The van der Waals surface area contributed by atoms with E-state index in [2.05, 4.69) is 11.8 Å². The highest BCUT2D eigenvalue weighted by molar-refractivity contribution is 6.03. The summed E-state index contributed by atoms with van der Waals surface area (Å²) >= 11 is 0. The van der Waals surface area contributed by atoms with Gasteiger partial charge in [-0.1, -0.05) is 12.1 Å². The van der Waals surface area contributed by atoms with Gasteiger partial charge in [0, 0.05) is 12.8 Å². The Morgan fingerprint density at radius 3 is 1.58 bits per heavy atom. The molecule has 128 valence electrons. The second kappa shape index (κ2) is 10.5. The Morgan fingerprint density at radius 1 is 0.667 bits per heavy atom. The van der Waals surface area contributed by atoms with Gasteiger partial charge in [0.2, 0.25) is 0 Å². The van der Waals surface area contributed by atoms with Crippen LogP contribution in [0.1, 0.15) is 72.1 Å². The normalized spacial score (nSPS) is 18.0. The van der Waals surface area contributed by atoms with Gasteiger partial charge in [-0.15, -0.1) is 11.8 Å². The molecule has 0 aliphatic carbocycles. The maximum absolute atomic E-state index is 12.2. The van der Waals surface area contributed by atoms with E-state index in [1.165, 1.54) is 0 Å². The van der Waals surface area contributed by atoms with E-state index in [9.17, 15) is 9.59 Å². The summed E-state index contributed by atoms with van der Waals surface area (Å²) < 4.78 is 10.6. The fourth-order valence-electron chi connectivity index (χ4n) is 2.49. The van der Waals surface area contributed by atoms with Crippen LogP contribution in [-0.4, -0.2) is 25.2 Å². The van der Waals surface area contributed by atoms with Gasteiger partial charge < -0.3 is 9.47 Å². The van der Waals surface area contributed by atoms with Crippen LogP contribution in [0, 0.1) is 11.8 Å². The summed E-state index contributed by atoms with van der Waals surface area (Å²) in [6, 6.07) is 6.65. The molecular weight excluding hydrogens is 304 g/mol. The molecule has 0 saturated heterocycles. The van der Waals surface area contributed by atoms with Gasteiger partial charge in [0.1, 0.15) is 0 Å². The second-order valence-electron chi connectivity index (χ2n) is 5.79. The van der Waals surface area contributed by atoms with Gasteiger partial charge in [-0.25, -0.2) is 9.59 Å². The van der Waals surface area contributed by atoms with Crippen LogP contribution in [0.3, 0.4) is 0 Å². The molecule has 0 aromatic heterocycles. The number of benzene rings is 1. The predicted molar refractivity (Wildman–Crippen MR) is 91.7 cm³/mol. The summed E-state index contributed by atoms with van der Waals surface area (Å²) in [4.78, 5) is 24.4. The van der Waals surface area contributed by atoms with Crippen molar-refractivity contribution in [3.63, 3.8) is 0 Å². The molecule has 1 aliphatic heterocycles. The number of carbonyl (C=O) groups excluding carboxylic acids is 2. The van der Waals surface area contributed by atoms with Crippen LogP contribution in [0.15, 0.2) is 24.3 Å². The summed E-state index contributed by atoms with van der Waals surface area (Å²) in [6.07, 6.45) is 7.40. The average molecular weight is 328 g/mol. The van der Waals surface area contributed by atoms with Gasteiger partial charge in [-0.05, 0) is 50.7 Å². The number of hydrogen-bond acceptors (Lipinski definition) is 4. The third-order valence-corrected chi connectivity index (χ3v) is 3.85. The number of ether oxygens (including phenoxy) is 2. The predicted octanol–water partition coefficient (Wildman–Crippen LogP) is 4.14. The molecule has 4 nitrogen and oxygen atoms in total. The van der Waals surface area contributed by atoms with Crippen LogP contribution in [-0.2, 0) is 9.47 Å². The first kappa shape index (κ1) is 18.1. The van der Waals surface area contributed by atoms with Gasteiger partial charge in [0.25, 0.3) is 0 Å². The van der Waals surface area contributed by atoms with E-state index in [0.29, 0.717) is 13.2 Å². The van der Waals surface area contributed by atoms with E-state index in [1.54, 1.807) is 24.3 Å². The van der Waals surface area contributed by atoms with Crippen molar-refractivity contribution in [1.29, 1.82) is 0 Å². The molecule has 0 amide bonds. The number of carbonyl (C=O) groups is 2. The molecule has 2 rings (SSSR count). The van der Waals surface area contributed by atoms with Gasteiger partial charge in [0.15, 0.2) is 0 Å². The minimum Gasteiger partial charge on any atom is -0.462 e. The highest BCUT2D eigenvalue weighted by atomic mass is 16.5. The van der Waals surface area contributed by atoms with Gasteiger partial charge in [0.05, 0.1) is 24.3 Å². The van der Waals surface area contributed by atoms with Crippen molar-refractivity contribution in [2.45, 2.75) is 51.4 Å². The van der Waals surface area contributed by atoms with Crippen LogP contribution < -0.4 is 0 Å². The molecule has 1 aliphatic rings. The Morgan fingerprint density at radius 2 is 1.12 bits per heavy atom. The van der Waals surface area contributed by atoms with Crippen molar-refractivity contribution in [2.75, 3.05) is 13.2 Å². The Balaban J connectivity index is 2.01. The van der Waals surface area contributed by atoms with E-state index in [1.807, 2.05) is 0 Å². The smallest absolute Gasteiger partial charge is 0.339 e. The van der Waals surface area contributed by atoms with E-state index < -0.39 is 11.9 Å². The number of rotatable bonds is 0. The Kier molecular flexibility index (Phi) is 7.89. The molecular formula is C20H24O4. The average Bonchev–Trinajstić information content (AvgIpc) is 2.61. The van der Waals surface area contributed by atoms with Crippen LogP contribution in [0.25, 0.3) is 0 Å². The second-order valence-corrected chi connectivity index (χ2v) is 5.79. The van der Waals surface area contributed by atoms with Gasteiger partial charge in [-0.3, -0.25) is 0 Å². The lowest BCUT2D eigenvalue weighted by Gasteiger charge is -2.10. The number of esters is 2. The minimum atomic E-state index is -0.469. The summed E-state index contributed by atoms with van der Waals surface area (Å²) in [7, 11) is 0. The van der Waals surface area contributed by atoms with Crippen LogP contribution in [0.4, 0.5) is 0 Å². The highest BCUT2D eigenvalue weighted by Gasteiger charge is 2.18. The SMILES string of the molecule is O=C1OCCCCCC#CCCCCCOC(=O)c2ccccc21. The molecule has 24 heavy (non-hydrogen) atoms. The third kappa shape index (κ3) is 6.08. The number of cyclic esters (lactones) is 2. The summed E-state index contributed by atoms with van der Waals surface area (Å²) in [5.41, 5.74) is 0.545. The fourth-order valence-corrected chi connectivity index (χ4v) is 2.49. The quantitative estimate of drug-likeness (QED) is 0.530. The van der Waals surface area contributed by atoms with Crippen LogP contribution >= 0.6 is 0 Å². The molecule has 0 radical (unpaired) electrons. The standard InChI is InChI=1S/C20H24O4/c21-19-17-13-9-10-14-18(17)20(22)24-16-12-8-6-4-2-1-3-5-7-11-15-23-19/h9-10,13-14H,3-8,11-12,15-16H2. The fraction of sp³-hybridized carbons (Fsp3) is 0.500. The van der Waals surface area contributed by atoms with E-state index >= 15 is 0 Å². The molecule has 0 atom stereocenters. The summed E-state index contributed by atoms with van der Waals surface area (Å²) in [5, 5.41) is 0. The molecule has 4 heteroatoms. The topological polar surface area (TPSA) is 52.6 Å². The largest absolute Gasteiger partial charge is 0.462 e. The molecule has 1 aromatic carbocycles. The summed E-state index contributed by atoms with van der Waals surface area (Å²) in [5.74, 6) is 5.41. The molecule has 1 aromatic rings. The molecule has 0 spiro atoms. The van der Waals surface area contributed by atoms with Crippen molar-refractivity contribution >= 4 is 11.9 Å². The van der Waals surface area contributed by atoms with E-state index in [-0.39, 0.29) is 11.1 Å². The van der Waals surface area contributed by atoms with E-state index in [4.69, 9.17) is 9.47 Å². The minimum absolute atomic E-state index is 0.273. The monoisotopic (exact) mass is 328 g/mol. The zero-order valence-corrected chi connectivity index (χ0v) is 14.0. The lowest BCUT2D eigenvalue weighted by molar-refractivity contribution is 0.0450. The molecule has 0 N–H and O–H groups in total. The maximum Gasteiger partial charge on any atom is 0.339 e. The first-order valence-corrected chi connectivity index (χ1v) is 8.68. The van der Waals surface area contributed by atoms with Crippen LogP contribution in [0.5, 0.6) is 0 Å². The van der Waals surface area contributed by atoms with Crippen LogP contribution in [0.2, 0.25) is 0 Å². The lowest BCUT2D eigenvalue weighted by Crippen LogP contribution is -2.15. The van der Waals surface area contributed by atoms with Crippen molar-refractivity contribution in [3.05, 3.63) is 35.4 Å². The molecule has 0 fully saturated rings. The first-order valence-electron chi connectivity index (χ1n) is 8.68. The Labute approximate surface area is 143 Å². The number of fused-ring (bicyclic) bond motifs is 1. The Bertz CT molecular complexity index is 559. The molecule has 1 heterocycles. The summed E-state index contributed by atoms with van der Waals surface area (Å²) in [6.45, 7) is 0.714. The van der Waals surface area contributed by atoms with Crippen molar-refractivity contribution in [1.82, 2.24) is 0 Å². The van der Waals surface area contributed by atoms with Crippen molar-refractivity contribution in [3.8, 4) is 11.8 Å². The van der Waals surface area contributed by atoms with Gasteiger partial charge in [-0.2, -0.15) is 0 Å². The zero-order chi connectivity index (χ0) is 17.0. The maximum atomic E-state index is 12.2. The number of hydrogen-bond donors (Lipinski definition) is 0. The molecule has 0 unspecified atom stereocenters. The first-order chi connectivity index (χ1) is 11.8. The van der Waals surface area contributed by atoms with E-state index in [0.717, 1.165) is 51.4 Å². The van der Waals surface area contributed by atoms with Gasteiger partial charge >= 0.3 is 11.9 Å². The zero-order valence-electron chi connectivity index (χ0n) is 14.0. The molecule has 0 bridgehead atoms. The molecule has 0 saturated carbocycles.